The molecule has 7 nitrogen and oxygen atoms in total. The number of hydrogen-bond donors (Lipinski definition) is 2. The Labute approximate surface area is 205 Å². The second kappa shape index (κ2) is 13.0. The first-order valence-electron chi connectivity index (χ1n) is 10.3. The highest BCUT2D eigenvalue weighted by Crippen LogP contribution is 2.11. The van der Waals surface area contributed by atoms with Crippen molar-refractivity contribution in [2.24, 2.45) is 12.0 Å². The lowest BCUT2D eigenvalue weighted by Crippen LogP contribution is -2.39. The van der Waals surface area contributed by atoms with E-state index in [4.69, 9.17) is 4.74 Å². The van der Waals surface area contributed by atoms with Crippen LogP contribution >= 0.6 is 24.0 Å². The van der Waals surface area contributed by atoms with Crippen LogP contribution in [0.25, 0.3) is 0 Å². The van der Waals surface area contributed by atoms with Crippen LogP contribution < -0.4 is 15.4 Å². The number of rotatable bonds is 9. The second-order valence-corrected chi connectivity index (χ2v) is 7.18. The van der Waals surface area contributed by atoms with Crippen molar-refractivity contribution in [1.82, 2.24) is 25.4 Å². The van der Waals surface area contributed by atoms with Crippen LogP contribution in [0.1, 0.15) is 22.8 Å². The lowest BCUT2D eigenvalue weighted by atomic mass is 10.1. The van der Waals surface area contributed by atoms with Crippen molar-refractivity contribution >= 4 is 29.9 Å². The summed E-state index contributed by atoms with van der Waals surface area (Å²) in [6, 6.07) is 14.8. The maximum atomic E-state index is 13.9. The lowest BCUT2D eigenvalue weighted by molar-refractivity contribution is 0.414. The summed E-state index contributed by atoms with van der Waals surface area (Å²) < 4.78 is 21.0. The van der Waals surface area contributed by atoms with E-state index in [-0.39, 0.29) is 29.8 Å². The molecule has 1 aromatic heterocycles. The van der Waals surface area contributed by atoms with Crippen molar-refractivity contribution < 1.29 is 9.13 Å². The third-order valence-electron chi connectivity index (χ3n) is 5.07. The van der Waals surface area contributed by atoms with Crippen molar-refractivity contribution in [2.75, 3.05) is 20.2 Å². The van der Waals surface area contributed by atoms with E-state index >= 15 is 0 Å². The molecule has 32 heavy (non-hydrogen) atoms. The fourth-order valence-corrected chi connectivity index (χ4v) is 3.05. The number of aliphatic imine (C=N–C) groups is 1. The van der Waals surface area contributed by atoms with Gasteiger partial charge in [-0.1, -0.05) is 30.3 Å². The van der Waals surface area contributed by atoms with E-state index in [2.05, 4.69) is 25.8 Å². The van der Waals surface area contributed by atoms with Gasteiger partial charge in [-0.2, -0.15) is 0 Å². The average molecular weight is 552 g/mol. The number of methoxy groups -OCH3 is 1. The zero-order valence-corrected chi connectivity index (χ0v) is 21.0. The summed E-state index contributed by atoms with van der Waals surface area (Å²) in [6.45, 7) is 3.57. The molecule has 0 spiro atoms. The summed E-state index contributed by atoms with van der Waals surface area (Å²) >= 11 is 0. The summed E-state index contributed by atoms with van der Waals surface area (Å²) in [4.78, 5) is 4.64. The fraction of sp³-hybridized carbons (Fsp3) is 0.348. The predicted molar refractivity (Wildman–Crippen MR) is 135 cm³/mol. The van der Waals surface area contributed by atoms with Crippen LogP contribution in [0.3, 0.4) is 0 Å². The molecule has 0 saturated carbocycles. The van der Waals surface area contributed by atoms with E-state index in [1.807, 2.05) is 48.9 Å². The Morgan fingerprint density at radius 1 is 1.03 bits per heavy atom. The van der Waals surface area contributed by atoms with Crippen LogP contribution in [0.5, 0.6) is 5.75 Å². The normalized spacial score (nSPS) is 11.1. The van der Waals surface area contributed by atoms with E-state index in [1.54, 1.807) is 19.2 Å². The van der Waals surface area contributed by atoms with Crippen molar-refractivity contribution in [3.8, 4) is 5.75 Å². The minimum atomic E-state index is -0.190. The van der Waals surface area contributed by atoms with E-state index < -0.39 is 0 Å². The number of hydrogen-bond acceptors (Lipinski definition) is 4. The summed E-state index contributed by atoms with van der Waals surface area (Å²) in [5.74, 6) is 2.93. The van der Waals surface area contributed by atoms with E-state index in [0.717, 1.165) is 23.8 Å². The van der Waals surface area contributed by atoms with Crippen LogP contribution in [-0.4, -0.2) is 40.9 Å². The standard InChI is InChI=1S/C23H29FN6O.HI/c1-17-28-29-22(30(17)2)16-27-23(26-15-13-19-6-4-5-7-21(19)24)25-14-12-18-8-10-20(31-3)11-9-18;/h4-11H,12-16H2,1-3H3,(H2,25,26,27);1H. The molecule has 3 aromatic rings. The van der Waals surface area contributed by atoms with Crippen LogP contribution in [0, 0.1) is 12.7 Å². The first-order valence-corrected chi connectivity index (χ1v) is 10.3. The first-order chi connectivity index (χ1) is 15.1. The molecule has 0 atom stereocenters. The Balaban J connectivity index is 0.00000363. The molecule has 1 heterocycles. The zero-order chi connectivity index (χ0) is 22.1. The Hall–Kier alpha value is -2.69. The molecule has 0 aliphatic rings. The van der Waals surface area contributed by atoms with Gasteiger partial charge in [0.2, 0.25) is 0 Å². The molecule has 172 valence electrons. The average Bonchev–Trinajstić information content (AvgIpc) is 3.11. The van der Waals surface area contributed by atoms with Crippen LogP contribution in [-0.2, 0) is 26.4 Å². The molecule has 0 fully saturated rings. The topological polar surface area (TPSA) is 76.4 Å². The molecular formula is C23H30FIN6O. The third-order valence-corrected chi connectivity index (χ3v) is 5.07. The summed E-state index contributed by atoms with van der Waals surface area (Å²) in [5.41, 5.74) is 1.87. The maximum Gasteiger partial charge on any atom is 0.191 e. The summed E-state index contributed by atoms with van der Waals surface area (Å²) in [5, 5.41) is 14.9. The second-order valence-electron chi connectivity index (χ2n) is 7.18. The zero-order valence-electron chi connectivity index (χ0n) is 18.6. The molecule has 0 aliphatic heterocycles. The quantitative estimate of drug-likeness (QED) is 0.242. The van der Waals surface area contributed by atoms with Gasteiger partial charge in [-0.3, -0.25) is 0 Å². The Kier molecular flexibility index (Phi) is 10.4. The highest BCUT2D eigenvalue weighted by Gasteiger charge is 2.06. The lowest BCUT2D eigenvalue weighted by Gasteiger charge is -2.13. The molecule has 0 aliphatic carbocycles. The van der Waals surface area contributed by atoms with Crippen LogP contribution in [0.15, 0.2) is 53.5 Å². The van der Waals surface area contributed by atoms with Crippen molar-refractivity contribution in [1.29, 1.82) is 0 Å². The third kappa shape index (κ3) is 7.47. The van der Waals surface area contributed by atoms with Gasteiger partial charge in [0, 0.05) is 20.1 Å². The molecular weight excluding hydrogens is 522 g/mol. The number of ether oxygens (including phenoxy) is 1. The molecule has 9 heteroatoms. The Bertz CT molecular complexity index is 1010. The highest BCUT2D eigenvalue weighted by atomic mass is 127. The number of halogens is 2. The number of nitrogens with one attached hydrogen (secondary N) is 2. The summed E-state index contributed by atoms with van der Waals surface area (Å²) in [6.07, 6.45) is 1.40. The minimum Gasteiger partial charge on any atom is -0.497 e. The monoisotopic (exact) mass is 552 g/mol. The number of nitrogens with zero attached hydrogens (tertiary/aromatic N) is 4. The smallest absolute Gasteiger partial charge is 0.191 e. The minimum absolute atomic E-state index is 0. The van der Waals surface area contributed by atoms with Crippen molar-refractivity contribution in [2.45, 2.75) is 26.3 Å². The Morgan fingerprint density at radius 2 is 1.72 bits per heavy atom. The van der Waals surface area contributed by atoms with E-state index in [0.29, 0.717) is 37.6 Å². The molecule has 0 bridgehead atoms. The van der Waals surface area contributed by atoms with Crippen LogP contribution in [0.4, 0.5) is 4.39 Å². The predicted octanol–water partition coefficient (Wildman–Crippen LogP) is 3.41. The number of aromatic nitrogens is 3. The largest absolute Gasteiger partial charge is 0.497 e. The highest BCUT2D eigenvalue weighted by molar-refractivity contribution is 14.0. The van der Waals surface area contributed by atoms with Crippen LogP contribution in [0.2, 0.25) is 0 Å². The number of guanidine groups is 1. The molecule has 2 aromatic carbocycles. The summed E-state index contributed by atoms with van der Waals surface area (Å²) in [7, 11) is 3.58. The molecule has 0 radical (unpaired) electrons. The van der Waals surface area contributed by atoms with Gasteiger partial charge in [0.05, 0.1) is 7.11 Å². The van der Waals surface area contributed by atoms with E-state index in [1.165, 1.54) is 11.6 Å². The van der Waals surface area contributed by atoms with Gasteiger partial charge >= 0.3 is 0 Å². The van der Waals surface area contributed by atoms with Gasteiger partial charge in [0.15, 0.2) is 11.8 Å². The first kappa shape index (κ1) is 25.6. The van der Waals surface area contributed by atoms with Gasteiger partial charge in [0.1, 0.15) is 23.9 Å². The molecule has 2 N–H and O–H groups in total. The number of aryl methyl sites for hydroxylation is 1. The molecule has 0 amide bonds. The fourth-order valence-electron chi connectivity index (χ4n) is 3.05. The van der Waals surface area contributed by atoms with Gasteiger partial charge in [-0.15, -0.1) is 34.2 Å². The SMILES string of the molecule is COc1ccc(CCNC(=NCc2nnc(C)n2C)NCCc2ccccc2F)cc1.I. The van der Waals surface area contributed by atoms with Gasteiger partial charge < -0.3 is 19.9 Å². The van der Waals surface area contributed by atoms with Gasteiger partial charge in [0.25, 0.3) is 0 Å². The Morgan fingerprint density at radius 3 is 2.34 bits per heavy atom. The molecule has 0 saturated heterocycles. The van der Waals surface area contributed by atoms with Gasteiger partial charge in [-0.05, 0) is 49.1 Å². The number of benzene rings is 2. The van der Waals surface area contributed by atoms with Crippen molar-refractivity contribution in [3.63, 3.8) is 0 Å². The molecule has 3 rings (SSSR count). The van der Waals surface area contributed by atoms with Crippen molar-refractivity contribution in [3.05, 3.63) is 77.1 Å². The van der Waals surface area contributed by atoms with Gasteiger partial charge in [-0.25, -0.2) is 9.38 Å². The molecule has 0 unspecified atom stereocenters. The maximum absolute atomic E-state index is 13.9. The van der Waals surface area contributed by atoms with E-state index in [9.17, 15) is 4.39 Å².